The lowest BCUT2D eigenvalue weighted by atomic mass is 10.1. The predicted molar refractivity (Wildman–Crippen MR) is 138 cm³/mol. The molecule has 0 saturated carbocycles. The average Bonchev–Trinajstić information content (AvgIpc) is 2.86. The summed E-state index contributed by atoms with van der Waals surface area (Å²) in [5.74, 6) is 0.658. The molecule has 6 heteroatoms. The molecule has 0 aliphatic carbocycles. The van der Waals surface area contributed by atoms with Crippen molar-refractivity contribution in [2.75, 3.05) is 12.4 Å². The van der Waals surface area contributed by atoms with Gasteiger partial charge in [-0.1, -0.05) is 64.5 Å². The maximum absolute atomic E-state index is 12.8. The molecule has 0 fully saturated rings. The number of hydrogen-bond donors (Lipinski definition) is 1. The number of rotatable bonds is 7. The van der Waals surface area contributed by atoms with Crippen LogP contribution in [-0.4, -0.2) is 13.0 Å². The van der Waals surface area contributed by atoms with Crippen LogP contribution in [0, 0.1) is 11.3 Å². The van der Waals surface area contributed by atoms with Gasteiger partial charge in [0.2, 0.25) is 0 Å². The third-order valence-electron chi connectivity index (χ3n) is 5.23. The van der Waals surface area contributed by atoms with E-state index in [0.717, 1.165) is 20.8 Å². The number of benzene rings is 4. The molecule has 0 spiro atoms. The second kappa shape index (κ2) is 10.7. The van der Waals surface area contributed by atoms with Crippen LogP contribution in [0.15, 0.2) is 95.0 Å². The first-order chi connectivity index (χ1) is 16.6. The Morgan fingerprint density at radius 2 is 1.82 bits per heavy atom. The summed E-state index contributed by atoms with van der Waals surface area (Å²) >= 11 is 3.46. The SMILES string of the molecule is COc1cccc(NC(=O)/C(C#N)=C/c2cc(Br)ccc2OCc2cccc3ccccc23)c1. The van der Waals surface area contributed by atoms with E-state index in [4.69, 9.17) is 9.47 Å². The first-order valence-electron chi connectivity index (χ1n) is 10.5. The lowest BCUT2D eigenvalue weighted by Crippen LogP contribution is -2.13. The topological polar surface area (TPSA) is 71.3 Å². The van der Waals surface area contributed by atoms with Gasteiger partial charge in [-0.2, -0.15) is 5.26 Å². The minimum Gasteiger partial charge on any atom is -0.497 e. The molecule has 0 radical (unpaired) electrons. The molecule has 0 bridgehead atoms. The Bertz CT molecular complexity index is 1420. The van der Waals surface area contributed by atoms with Crippen LogP contribution in [0.5, 0.6) is 11.5 Å². The van der Waals surface area contributed by atoms with Crippen molar-refractivity contribution in [2.45, 2.75) is 6.61 Å². The molecule has 168 valence electrons. The molecule has 0 atom stereocenters. The average molecular weight is 513 g/mol. The zero-order chi connectivity index (χ0) is 23.9. The van der Waals surface area contributed by atoms with Crippen molar-refractivity contribution in [3.05, 3.63) is 106 Å². The molecule has 1 N–H and O–H groups in total. The highest BCUT2D eigenvalue weighted by Crippen LogP contribution is 2.28. The molecule has 0 aliphatic rings. The summed E-state index contributed by atoms with van der Waals surface area (Å²) in [6.07, 6.45) is 1.53. The van der Waals surface area contributed by atoms with Gasteiger partial charge in [0, 0.05) is 21.8 Å². The number of carbonyl (C=O) groups excluding carboxylic acids is 1. The lowest BCUT2D eigenvalue weighted by Gasteiger charge is -2.12. The van der Waals surface area contributed by atoms with Crippen LogP contribution in [0.4, 0.5) is 5.69 Å². The fraction of sp³-hybridized carbons (Fsp3) is 0.0714. The molecule has 0 heterocycles. The molecule has 4 aromatic carbocycles. The highest BCUT2D eigenvalue weighted by molar-refractivity contribution is 9.10. The second-order valence-electron chi connectivity index (χ2n) is 7.46. The van der Waals surface area contributed by atoms with Gasteiger partial charge >= 0.3 is 0 Å². The number of amides is 1. The van der Waals surface area contributed by atoms with Crippen LogP contribution in [0.3, 0.4) is 0 Å². The van der Waals surface area contributed by atoms with E-state index in [1.165, 1.54) is 6.08 Å². The van der Waals surface area contributed by atoms with Crippen molar-refractivity contribution in [3.63, 3.8) is 0 Å². The minimum absolute atomic E-state index is 0.0454. The van der Waals surface area contributed by atoms with Gasteiger partial charge in [-0.15, -0.1) is 0 Å². The number of halogens is 1. The summed E-state index contributed by atoms with van der Waals surface area (Å²) in [4.78, 5) is 12.8. The zero-order valence-electron chi connectivity index (χ0n) is 18.4. The summed E-state index contributed by atoms with van der Waals surface area (Å²) in [6.45, 7) is 0.349. The van der Waals surface area contributed by atoms with Crippen LogP contribution < -0.4 is 14.8 Å². The largest absolute Gasteiger partial charge is 0.497 e. The monoisotopic (exact) mass is 512 g/mol. The maximum atomic E-state index is 12.8. The Hall–Kier alpha value is -4.08. The molecule has 0 saturated heterocycles. The van der Waals surface area contributed by atoms with E-state index in [1.54, 1.807) is 31.4 Å². The molecular formula is C28H21BrN2O3. The van der Waals surface area contributed by atoms with Crippen LogP contribution in [-0.2, 0) is 11.4 Å². The summed E-state index contributed by atoms with van der Waals surface area (Å²) in [7, 11) is 1.55. The Balaban J connectivity index is 1.58. The van der Waals surface area contributed by atoms with Crippen LogP contribution in [0.25, 0.3) is 16.8 Å². The third kappa shape index (κ3) is 5.45. The van der Waals surface area contributed by atoms with Gasteiger partial charge in [-0.05, 0) is 52.7 Å². The molecule has 4 rings (SSSR count). The number of nitrogens with zero attached hydrogens (tertiary/aromatic N) is 1. The number of nitriles is 1. The molecule has 0 aromatic heterocycles. The van der Waals surface area contributed by atoms with E-state index in [9.17, 15) is 10.1 Å². The van der Waals surface area contributed by atoms with Crippen molar-refractivity contribution in [2.24, 2.45) is 0 Å². The van der Waals surface area contributed by atoms with E-state index in [2.05, 4.69) is 39.4 Å². The number of carbonyl (C=O) groups is 1. The zero-order valence-corrected chi connectivity index (χ0v) is 20.0. The van der Waals surface area contributed by atoms with Crippen LogP contribution in [0.1, 0.15) is 11.1 Å². The highest BCUT2D eigenvalue weighted by Gasteiger charge is 2.13. The van der Waals surface area contributed by atoms with Gasteiger partial charge < -0.3 is 14.8 Å². The van der Waals surface area contributed by atoms with Crippen molar-refractivity contribution < 1.29 is 14.3 Å². The molecule has 34 heavy (non-hydrogen) atoms. The van der Waals surface area contributed by atoms with Gasteiger partial charge in [0.1, 0.15) is 29.7 Å². The fourth-order valence-corrected chi connectivity index (χ4v) is 3.92. The first-order valence-corrected chi connectivity index (χ1v) is 11.3. The number of fused-ring (bicyclic) bond motifs is 1. The highest BCUT2D eigenvalue weighted by atomic mass is 79.9. The Morgan fingerprint density at radius 3 is 2.65 bits per heavy atom. The van der Waals surface area contributed by atoms with E-state index >= 15 is 0 Å². The Kier molecular flexibility index (Phi) is 7.26. The van der Waals surface area contributed by atoms with E-state index in [1.807, 2.05) is 48.5 Å². The number of ether oxygens (including phenoxy) is 2. The molecule has 0 aliphatic heterocycles. The van der Waals surface area contributed by atoms with Crippen LogP contribution in [0.2, 0.25) is 0 Å². The third-order valence-corrected chi connectivity index (χ3v) is 5.72. The summed E-state index contributed by atoms with van der Waals surface area (Å²) in [5, 5.41) is 14.7. The quantitative estimate of drug-likeness (QED) is 0.220. The summed E-state index contributed by atoms with van der Waals surface area (Å²) < 4.78 is 12.1. The standard InChI is InChI=1S/C28H21BrN2O3/c1-33-25-10-5-9-24(16-25)31-28(32)22(17-30)14-21-15-23(29)12-13-27(21)34-18-20-8-4-7-19-6-2-3-11-26(19)20/h2-16H,18H2,1H3,(H,31,32)/b22-14+. The second-order valence-corrected chi connectivity index (χ2v) is 8.38. The molecule has 1 amide bonds. The fourth-order valence-electron chi connectivity index (χ4n) is 3.54. The van der Waals surface area contributed by atoms with Gasteiger partial charge in [0.15, 0.2) is 0 Å². The summed E-state index contributed by atoms with van der Waals surface area (Å²) in [6, 6.07) is 28.6. The van der Waals surface area contributed by atoms with E-state index in [0.29, 0.717) is 29.4 Å². The van der Waals surface area contributed by atoms with Crippen molar-refractivity contribution in [1.29, 1.82) is 5.26 Å². The molecule has 0 unspecified atom stereocenters. The number of methoxy groups -OCH3 is 1. The molecule has 4 aromatic rings. The van der Waals surface area contributed by atoms with Gasteiger partial charge in [-0.3, -0.25) is 4.79 Å². The van der Waals surface area contributed by atoms with Crippen molar-refractivity contribution in [3.8, 4) is 17.6 Å². The van der Waals surface area contributed by atoms with Gasteiger partial charge in [0.05, 0.1) is 7.11 Å². The number of nitrogens with one attached hydrogen (secondary N) is 1. The number of anilines is 1. The Morgan fingerprint density at radius 1 is 1.03 bits per heavy atom. The van der Waals surface area contributed by atoms with Crippen molar-refractivity contribution in [1.82, 2.24) is 0 Å². The molecule has 5 nitrogen and oxygen atoms in total. The van der Waals surface area contributed by atoms with Crippen LogP contribution >= 0.6 is 15.9 Å². The first kappa shape index (κ1) is 23.1. The van der Waals surface area contributed by atoms with Crippen molar-refractivity contribution >= 4 is 44.4 Å². The Labute approximate surface area is 206 Å². The summed E-state index contributed by atoms with van der Waals surface area (Å²) in [5.41, 5.74) is 2.15. The van der Waals surface area contributed by atoms with E-state index in [-0.39, 0.29) is 5.57 Å². The minimum atomic E-state index is -0.518. The lowest BCUT2D eigenvalue weighted by molar-refractivity contribution is -0.112. The maximum Gasteiger partial charge on any atom is 0.266 e. The molecular weight excluding hydrogens is 492 g/mol. The van der Waals surface area contributed by atoms with Gasteiger partial charge in [0.25, 0.3) is 5.91 Å². The predicted octanol–water partition coefficient (Wildman–Crippen LogP) is 6.74. The smallest absolute Gasteiger partial charge is 0.266 e. The van der Waals surface area contributed by atoms with Gasteiger partial charge in [-0.25, -0.2) is 0 Å². The normalized spacial score (nSPS) is 11.0. The van der Waals surface area contributed by atoms with E-state index < -0.39 is 5.91 Å². The number of hydrogen-bond acceptors (Lipinski definition) is 4.